The first-order valence-electron chi connectivity index (χ1n) is 8.40. The Morgan fingerprint density at radius 1 is 1.36 bits per heavy atom. The SMILES string of the molecule is CCC1CN(C(=O)OC(C)(C)C)CC(C#N)C12CCNCC2. The molecule has 2 aliphatic rings. The van der Waals surface area contributed by atoms with Gasteiger partial charge >= 0.3 is 6.09 Å². The summed E-state index contributed by atoms with van der Waals surface area (Å²) in [5.41, 5.74) is -0.432. The number of ether oxygens (including phenoxy) is 1. The molecule has 2 saturated heterocycles. The zero-order chi connectivity index (χ0) is 16.4. The molecule has 0 bridgehead atoms. The summed E-state index contributed by atoms with van der Waals surface area (Å²) in [5.74, 6) is 0.279. The van der Waals surface area contributed by atoms with Crippen molar-refractivity contribution in [1.29, 1.82) is 5.26 Å². The number of nitriles is 1. The van der Waals surface area contributed by atoms with E-state index in [1.165, 1.54) is 0 Å². The van der Waals surface area contributed by atoms with E-state index in [-0.39, 0.29) is 17.4 Å². The van der Waals surface area contributed by atoms with E-state index in [0.29, 0.717) is 19.0 Å². The van der Waals surface area contributed by atoms with Crippen LogP contribution in [0.3, 0.4) is 0 Å². The highest BCUT2D eigenvalue weighted by atomic mass is 16.6. The average Bonchev–Trinajstić information content (AvgIpc) is 2.46. The van der Waals surface area contributed by atoms with Crippen molar-refractivity contribution in [1.82, 2.24) is 10.2 Å². The van der Waals surface area contributed by atoms with Crippen LogP contribution in [0.1, 0.15) is 47.0 Å². The summed E-state index contributed by atoms with van der Waals surface area (Å²) in [5, 5.41) is 13.1. The molecule has 2 aliphatic heterocycles. The van der Waals surface area contributed by atoms with Crippen molar-refractivity contribution >= 4 is 6.09 Å². The molecule has 0 radical (unpaired) electrons. The number of carbonyl (C=O) groups excluding carboxylic acids is 1. The molecule has 0 saturated carbocycles. The van der Waals surface area contributed by atoms with E-state index in [2.05, 4.69) is 18.3 Å². The van der Waals surface area contributed by atoms with Crippen molar-refractivity contribution in [2.45, 2.75) is 52.6 Å². The minimum absolute atomic E-state index is 0.0628. The summed E-state index contributed by atoms with van der Waals surface area (Å²) in [6, 6.07) is 2.50. The number of carbonyl (C=O) groups is 1. The lowest BCUT2D eigenvalue weighted by molar-refractivity contribution is -0.0412. The third-order valence-corrected chi connectivity index (χ3v) is 5.19. The molecule has 2 unspecified atom stereocenters. The molecule has 2 rings (SSSR count). The summed E-state index contributed by atoms with van der Waals surface area (Å²) in [6.45, 7) is 11.0. The standard InChI is InChI=1S/C17H29N3O2/c1-5-13-11-20(15(21)22-16(2,3)4)12-14(10-18)17(13)6-8-19-9-7-17/h13-14,19H,5-9,11-12H2,1-4H3. The molecule has 0 aromatic carbocycles. The van der Waals surface area contributed by atoms with Crippen LogP contribution in [0.15, 0.2) is 0 Å². The minimum Gasteiger partial charge on any atom is -0.444 e. The highest BCUT2D eigenvalue weighted by Crippen LogP contribution is 2.48. The fraction of sp³-hybridized carbons (Fsp3) is 0.882. The quantitative estimate of drug-likeness (QED) is 0.809. The van der Waals surface area contributed by atoms with Crippen LogP contribution in [0.5, 0.6) is 0 Å². The number of amides is 1. The fourth-order valence-corrected chi connectivity index (χ4v) is 4.04. The Morgan fingerprint density at radius 2 is 2.00 bits per heavy atom. The van der Waals surface area contributed by atoms with Gasteiger partial charge in [-0.1, -0.05) is 13.3 Å². The van der Waals surface area contributed by atoms with Gasteiger partial charge in [0.15, 0.2) is 0 Å². The zero-order valence-corrected chi connectivity index (χ0v) is 14.3. The monoisotopic (exact) mass is 307 g/mol. The lowest BCUT2D eigenvalue weighted by Crippen LogP contribution is -2.58. The second-order valence-electron chi connectivity index (χ2n) is 7.66. The van der Waals surface area contributed by atoms with Gasteiger partial charge in [-0.3, -0.25) is 0 Å². The molecule has 5 nitrogen and oxygen atoms in total. The summed E-state index contributed by atoms with van der Waals surface area (Å²) in [6.07, 6.45) is 2.78. The maximum atomic E-state index is 12.4. The molecule has 2 fully saturated rings. The molecular weight excluding hydrogens is 278 g/mol. The molecule has 5 heteroatoms. The van der Waals surface area contributed by atoms with Crippen LogP contribution < -0.4 is 5.32 Å². The van der Waals surface area contributed by atoms with Crippen molar-refractivity contribution in [3.05, 3.63) is 0 Å². The van der Waals surface area contributed by atoms with Gasteiger partial charge < -0.3 is 15.0 Å². The van der Waals surface area contributed by atoms with Crippen molar-refractivity contribution in [2.75, 3.05) is 26.2 Å². The molecule has 1 spiro atoms. The van der Waals surface area contributed by atoms with Gasteiger partial charge in [0.25, 0.3) is 0 Å². The Balaban J connectivity index is 2.18. The van der Waals surface area contributed by atoms with E-state index in [1.807, 2.05) is 20.8 Å². The maximum Gasteiger partial charge on any atom is 0.410 e. The van der Waals surface area contributed by atoms with Gasteiger partial charge in [-0.15, -0.1) is 0 Å². The van der Waals surface area contributed by atoms with Crippen LogP contribution in [-0.2, 0) is 4.74 Å². The van der Waals surface area contributed by atoms with E-state index < -0.39 is 5.60 Å². The van der Waals surface area contributed by atoms with Gasteiger partial charge in [-0.05, 0) is 58.0 Å². The molecule has 124 valence electrons. The Labute approximate surface area is 134 Å². The minimum atomic E-state index is -0.495. The molecule has 0 aromatic heterocycles. The first-order chi connectivity index (χ1) is 10.3. The Bertz CT molecular complexity index is 444. The molecule has 22 heavy (non-hydrogen) atoms. The van der Waals surface area contributed by atoms with E-state index in [4.69, 9.17) is 4.74 Å². The van der Waals surface area contributed by atoms with Crippen LogP contribution in [-0.4, -0.2) is 42.8 Å². The molecular formula is C17H29N3O2. The molecule has 0 aliphatic carbocycles. The fourth-order valence-electron chi connectivity index (χ4n) is 4.04. The predicted octanol–water partition coefficient (Wildman–Crippen LogP) is 2.77. The van der Waals surface area contributed by atoms with Gasteiger partial charge in [-0.2, -0.15) is 5.26 Å². The van der Waals surface area contributed by atoms with Gasteiger partial charge in [-0.25, -0.2) is 4.79 Å². The topological polar surface area (TPSA) is 65.4 Å². The molecule has 1 N–H and O–H groups in total. The van der Waals surface area contributed by atoms with Crippen molar-refractivity contribution in [2.24, 2.45) is 17.3 Å². The van der Waals surface area contributed by atoms with E-state index >= 15 is 0 Å². The lowest BCUT2D eigenvalue weighted by Gasteiger charge is -2.52. The second kappa shape index (κ2) is 6.45. The number of hydrogen-bond acceptors (Lipinski definition) is 4. The summed E-state index contributed by atoms with van der Waals surface area (Å²) < 4.78 is 5.50. The number of likely N-dealkylation sites (tertiary alicyclic amines) is 1. The van der Waals surface area contributed by atoms with Crippen LogP contribution in [0.2, 0.25) is 0 Å². The summed E-state index contributed by atoms with van der Waals surface area (Å²) in [7, 11) is 0. The van der Waals surface area contributed by atoms with E-state index in [1.54, 1.807) is 4.90 Å². The second-order valence-corrected chi connectivity index (χ2v) is 7.66. The third kappa shape index (κ3) is 3.38. The van der Waals surface area contributed by atoms with Gasteiger partial charge in [0.05, 0.1) is 12.0 Å². The summed E-state index contributed by atoms with van der Waals surface area (Å²) >= 11 is 0. The number of rotatable bonds is 1. The smallest absolute Gasteiger partial charge is 0.410 e. The lowest BCUT2D eigenvalue weighted by atomic mass is 9.59. The van der Waals surface area contributed by atoms with Crippen molar-refractivity contribution in [3.8, 4) is 6.07 Å². The molecule has 2 atom stereocenters. The van der Waals surface area contributed by atoms with Crippen LogP contribution in [0.4, 0.5) is 4.79 Å². The Hall–Kier alpha value is -1.28. The predicted molar refractivity (Wildman–Crippen MR) is 85.2 cm³/mol. The van der Waals surface area contributed by atoms with Crippen LogP contribution >= 0.6 is 0 Å². The maximum absolute atomic E-state index is 12.4. The Morgan fingerprint density at radius 3 is 2.50 bits per heavy atom. The van der Waals surface area contributed by atoms with Crippen molar-refractivity contribution < 1.29 is 9.53 Å². The number of nitrogens with one attached hydrogen (secondary N) is 1. The number of nitrogens with zero attached hydrogens (tertiary/aromatic N) is 2. The first-order valence-corrected chi connectivity index (χ1v) is 8.40. The highest BCUT2D eigenvalue weighted by Gasteiger charge is 2.50. The van der Waals surface area contributed by atoms with Crippen molar-refractivity contribution in [3.63, 3.8) is 0 Å². The van der Waals surface area contributed by atoms with Crippen LogP contribution in [0.25, 0.3) is 0 Å². The highest BCUT2D eigenvalue weighted by molar-refractivity contribution is 5.68. The number of hydrogen-bond donors (Lipinski definition) is 1. The van der Waals surface area contributed by atoms with Gasteiger partial charge in [0.2, 0.25) is 0 Å². The largest absolute Gasteiger partial charge is 0.444 e. The normalized spacial score (nSPS) is 28.2. The molecule has 2 heterocycles. The third-order valence-electron chi connectivity index (χ3n) is 5.19. The van der Waals surface area contributed by atoms with E-state index in [0.717, 1.165) is 32.4 Å². The van der Waals surface area contributed by atoms with E-state index in [9.17, 15) is 10.1 Å². The number of piperidine rings is 2. The summed E-state index contributed by atoms with van der Waals surface area (Å²) in [4.78, 5) is 14.1. The van der Waals surface area contributed by atoms with Gasteiger partial charge in [0.1, 0.15) is 5.60 Å². The molecule has 0 aromatic rings. The Kier molecular flexibility index (Phi) is 5.01. The zero-order valence-electron chi connectivity index (χ0n) is 14.3. The average molecular weight is 307 g/mol. The first kappa shape index (κ1) is 17.1. The molecule has 1 amide bonds. The van der Waals surface area contributed by atoms with Crippen LogP contribution in [0, 0.1) is 28.6 Å². The van der Waals surface area contributed by atoms with Gasteiger partial charge in [0, 0.05) is 13.1 Å².